The van der Waals surface area contributed by atoms with Gasteiger partial charge in [0.1, 0.15) is 12.3 Å². The van der Waals surface area contributed by atoms with Crippen LogP contribution in [0.2, 0.25) is 0 Å². The van der Waals surface area contributed by atoms with E-state index in [1.807, 2.05) is 6.92 Å². The summed E-state index contributed by atoms with van der Waals surface area (Å²) in [6.07, 6.45) is 0. The molecule has 0 fully saturated rings. The number of aryl methyl sites for hydroxylation is 1. The summed E-state index contributed by atoms with van der Waals surface area (Å²) in [5, 5.41) is 2.83. The van der Waals surface area contributed by atoms with Gasteiger partial charge in [-0.2, -0.15) is 0 Å². The highest BCUT2D eigenvalue weighted by Crippen LogP contribution is 2.18. The van der Waals surface area contributed by atoms with Crippen molar-refractivity contribution in [2.75, 3.05) is 19.0 Å². The number of nitrogens with zero attached hydrogens (tertiary/aromatic N) is 1. The van der Waals surface area contributed by atoms with E-state index in [2.05, 4.69) is 5.32 Å². The molecule has 1 amide bonds. The van der Waals surface area contributed by atoms with Crippen LogP contribution in [0.15, 0.2) is 30.3 Å². The number of esters is 1. The summed E-state index contributed by atoms with van der Waals surface area (Å²) < 4.78 is 11.9. The van der Waals surface area contributed by atoms with E-state index in [-0.39, 0.29) is 18.4 Å². The van der Waals surface area contributed by atoms with Crippen molar-refractivity contribution in [1.29, 1.82) is 0 Å². The Morgan fingerprint density at radius 1 is 1.17 bits per heavy atom. The Kier molecular flexibility index (Phi) is 5.63. The molecule has 0 spiro atoms. The molecule has 0 saturated carbocycles. The number of methoxy groups -OCH3 is 1. The quantitative estimate of drug-likeness (QED) is 0.827. The van der Waals surface area contributed by atoms with Crippen LogP contribution in [-0.4, -0.2) is 30.2 Å². The molecule has 128 valence electrons. The van der Waals surface area contributed by atoms with Crippen molar-refractivity contribution in [3.63, 3.8) is 0 Å². The van der Waals surface area contributed by atoms with E-state index in [0.29, 0.717) is 17.9 Å². The minimum absolute atomic E-state index is 0.128. The summed E-state index contributed by atoms with van der Waals surface area (Å²) in [4.78, 5) is 24.2. The monoisotopic (exact) mass is 330 g/mol. The first-order valence-corrected chi connectivity index (χ1v) is 7.74. The van der Waals surface area contributed by atoms with Gasteiger partial charge in [0, 0.05) is 17.1 Å². The van der Waals surface area contributed by atoms with Crippen molar-refractivity contribution in [2.24, 2.45) is 0 Å². The Bertz CT molecular complexity index is 732. The van der Waals surface area contributed by atoms with Crippen LogP contribution in [0, 0.1) is 13.8 Å². The molecule has 24 heavy (non-hydrogen) atoms. The number of rotatable bonds is 6. The maximum atomic E-state index is 12.3. The fraction of sp³-hybridized carbons (Fsp3) is 0.333. The van der Waals surface area contributed by atoms with Gasteiger partial charge in [0.2, 0.25) is 5.91 Å². The molecule has 6 heteroatoms. The van der Waals surface area contributed by atoms with E-state index in [9.17, 15) is 9.59 Å². The number of hydrogen-bond donors (Lipinski definition) is 1. The molecule has 0 unspecified atom stereocenters. The van der Waals surface area contributed by atoms with E-state index in [0.717, 1.165) is 17.1 Å². The number of amides is 1. The van der Waals surface area contributed by atoms with Crippen molar-refractivity contribution in [1.82, 2.24) is 4.57 Å². The summed E-state index contributed by atoms with van der Waals surface area (Å²) in [6, 6.07) is 8.85. The molecule has 0 aliphatic carbocycles. The third-order valence-corrected chi connectivity index (χ3v) is 3.74. The van der Waals surface area contributed by atoms with Crippen LogP contribution in [-0.2, 0) is 16.1 Å². The summed E-state index contributed by atoms with van der Waals surface area (Å²) in [5.74, 6) is 0.189. The Balaban J connectivity index is 2.09. The zero-order chi connectivity index (χ0) is 17.7. The first kappa shape index (κ1) is 17.6. The lowest BCUT2D eigenvalue weighted by Crippen LogP contribution is -2.20. The van der Waals surface area contributed by atoms with Crippen molar-refractivity contribution >= 4 is 17.6 Å². The molecule has 1 aromatic heterocycles. The van der Waals surface area contributed by atoms with E-state index in [4.69, 9.17) is 9.47 Å². The fourth-order valence-corrected chi connectivity index (χ4v) is 2.48. The van der Waals surface area contributed by atoms with Crippen LogP contribution in [0.1, 0.15) is 28.7 Å². The van der Waals surface area contributed by atoms with Crippen LogP contribution in [0.25, 0.3) is 0 Å². The van der Waals surface area contributed by atoms with E-state index >= 15 is 0 Å². The Labute approximate surface area is 141 Å². The van der Waals surface area contributed by atoms with E-state index < -0.39 is 0 Å². The number of anilines is 1. The van der Waals surface area contributed by atoms with Crippen LogP contribution in [0.4, 0.5) is 5.69 Å². The minimum Gasteiger partial charge on any atom is -0.497 e. The topological polar surface area (TPSA) is 69.6 Å². The van der Waals surface area contributed by atoms with E-state index in [1.54, 1.807) is 55.9 Å². The fourth-order valence-electron chi connectivity index (χ4n) is 2.48. The normalized spacial score (nSPS) is 10.3. The molecule has 2 aromatic rings. The van der Waals surface area contributed by atoms with Crippen molar-refractivity contribution in [3.05, 3.63) is 47.3 Å². The lowest BCUT2D eigenvalue weighted by atomic mass is 10.2. The van der Waals surface area contributed by atoms with Gasteiger partial charge in [-0.05, 0) is 51.1 Å². The third-order valence-electron chi connectivity index (χ3n) is 3.74. The van der Waals surface area contributed by atoms with Gasteiger partial charge < -0.3 is 19.4 Å². The lowest BCUT2D eigenvalue weighted by Gasteiger charge is -2.11. The van der Waals surface area contributed by atoms with Crippen molar-refractivity contribution in [3.8, 4) is 5.75 Å². The van der Waals surface area contributed by atoms with Crippen LogP contribution in [0.5, 0.6) is 5.75 Å². The number of carbonyl (C=O) groups is 2. The number of nitrogens with one attached hydrogen (secondary N) is 1. The van der Waals surface area contributed by atoms with Gasteiger partial charge in [0.25, 0.3) is 0 Å². The first-order chi connectivity index (χ1) is 11.5. The van der Waals surface area contributed by atoms with Gasteiger partial charge in [0.15, 0.2) is 0 Å². The van der Waals surface area contributed by atoms with E-state index in [1.165, 1.54) is 0 Å². The van der Waals surface area contributed by atoms with Crippen LogP contribution in [0.3, 0.4) is 0 Å². The average Bonchev–Trinajstić information content (AvgIpc) is 2.84. The summed E-state index contributed by atoms with van der Waals surface area (Å²) in [6.45, 7) is 5.87. The highest BCUT2D eigenvalue weighted by molar-refractivity contribution is 5.93. The molecule has 0 saturated heterocycles. The van der Waals surface area contributed by atoms with Crippen LogP contribution < -0.4 is 10.1 Å². The Morgan fingerprint density at radius 2 is 1.83 bits per heavy atom. The van der Waals surface area contributed by atoms with Gasteiger partial charge in [-0.15, -0.1) is 0 Å². The molecule has 6 nitrogen and oxygen atoms in total. The summed E-state index contributed by atoms with van der Waals surface area (Å²) in [5.41, 5.74) is 2.73. The molecule has 0 radical (unpaired) electrons. The van der Waals surface area contributed by atoms with Crippen molar-refractivity contribution < 1.29 is 19.1 Å². The van der Waals surface area contributed by atoms with Gasteiger partial charge in [-0.25, -0.2) is 4.79 Å². The number of aromatic nitrogens is 1. The zero-order valence-corrected chi connectivity index (χ0v) is 14.4. The maximum Gasteiger partial charge on any atom is 0.339 e. The smallest absolute Gasteiger partial charge is 0.339 e. The molecular weight excluding hydrogens is 308 g/mol. The highest BCUT2D eigenvalue weighted by Gasteiger charge is 2.18. The minimum atomic E-state index is -0.368. The predicted octanol–water partition coefficient (Wildman–Crippen LogP) is 2.93. The summed E-state index contributed by atoms with van der Waals surface area (Å²) in [7, 11) is 1.59. The van der Waals surface area contributed by atoms with Gasteiger partial charge in [0.05, 0.1) is 19.3 Å². The molecule has 1 N–H and O–H groups in total. The predicted molar refractivity (Wildman–Crippen MR) is 91.5 cm³/mol. The molecule has 2 rings (SSSR count). The van der Waals surface area contributed by atoms with Gasteiger partial charge >= 0.3 is 5.97 Å². The first-order valence-electron chi connectivity index (χ1n) is 7.74. The number of hydrogen-bond acceptors (Lipinski definition) is 4. The van der Waals surface area contributed by atoms with Gasteiger partial charge in [-0.1, -0.05) is 0 Å². The molecule has 0 aliphatic rings. The average molecular weight is 330 g/mol. The van der Waals surface area contributed by atoms with Crippen molar-refractivity contribution in [2.45, 2.75) is 27.3 Å². The third kappa shape index (κ3) is 3.95. The molecule has 1 aromatic carbocycles. The molecule has 1 heterocycles. The zero-order valence-electron chi connectivity index (χ0n) is 14.4. The molecular formula is C18H22N2O4. The standard InChI is InChI=1S/C18H22N2O4/c1-5-24-18(22)16-10-12(2)20(13(16)3)11-17(21)19-14-6-8-15(23-4)9-7-14/h6-10H,5,11H2,1-4H3,(H,19,21). The highest BCUT2D eigenvalue weighted by atomic mass is 16.5. The molecule has 0 bridgehead atoms. The molecule has 0 atom stereocenters. The Morgan fingerprint density at radius 3 is 2.42 bits per heavy atom. The second kappa shape index (κ2) is 7.68. The lowest BCUT2D eigenvalue weighted by molar-refractivity contribution is -0.116. The van der Waals surface area contributed by atoms with Crippen LogP contribution >= 0.6 is 0 Å². The number of carbonyl (C=O) groups excluding carboxylic acids is 2. The second-order valence-electron chi connectivity index (χ2n) is 5.37. The second-order valence-corrected chi connectivity index (χ2v) is 5.37. The SMILES string of the molecule is CCOC(=O)c1cc(C)n(CC(=O)Nc2ccc(OC)cc2)c1C. The van der Waals surface area contributed by atoms with Gasteiger partial charge in [-0.3, -0.25) is 4.79 Å². The largest absolute Gasteiger partial charge is 0.497 e. The maximum absolute atomic E-state index is 12.3. The summed E-state index contributed by atoms with van der Waals surface area (Å²) >= 11 is 0. The molecule has 0 aliphatic heterocycles. The number of benzene rings is 1. The Hall–Kier alpha value is -2.76. The number of ether oxygens (including phenoxy) is 2.